The fourth-order valence-electron chi connectivity index (χ4n) is 2.21. The van der Waals surface area contributed by atoms with Crippen LogP contribution in [-0.4, -0.2) is 37.9 Å². The average molecular weight is 299 g/mol. The number of fused-ring (bicyclic) bond motifs is 1. The number of nitrogens with zero attached hydrogens (tertiary/aromatic N) is 4. The fourth-order valence-corrected chi connectivity index (χ4v) is 2.21. The molecular weight excluding hydrogens is 282 g/mol. The van der Waals surface area contributed by atoms with Crippen molar-refractivity contribution in [1.82, 2.24) is 19.6 Å². The maximum atomic E-state index is 8.82. The number of aryl methyl sites for hydroxylation is 2. The van der Waals surface area contributed by atoms with E-state index < -0.39 is 0 Å². The topological polar surface area (TPSA) is 84.6 Å². The molecule has 3 rings (SSSR count). The lowest BCUT2D eigenvalue weighted by atomic mass is 10.2. The molecule has 0 amide bonds. The number of nitrogens with one attached hydrogen (secondary N) is 1. The highest BCUT2D eigenvalue weighted by Crippen LogP contribution is 2.24. The van der Waals surface area contributed by atoms with Crippen LogP contribution in [-0.2, 0) is 0 Å². The molecule has 3 aromatic rings. The van der Waals surface area contributed by atoms with Crippen LogP contribution in [0.1, 0.15) is 11.3 Å². The Hall–Kier alpha value is -2.67. The van der Waals surface area contributed by atoms with Crippen molar-refractivity contribution >= 4 is 17.3 Å². The molecule has 7 nitrogen and oxygen atoms in total. The molecule has 1 aromatic carbocycles. The van der Waals surface area contributed by atoms with Crippen molar-refractivity contribution in [2.24, 2.45) is 0 Å². The first-order valence-corrected chi connectivity index (χ1v) is 6.96. The third-order valence-electron chi connectivity index (χ3n) is 3.18. The average Bonchev–Trinajstić information content (AvgIpc) is 2.95. The second-order valence-electron chi connectivity index (χ2n) is 4.93. The molecule has 2 heterocycles. The van der Waals surface area contributed by atoms with E-state index in [0.29, 0.717) is 5.78 Å². The number of rotatable bonds is 5. The van der Waals surface area contributed by atoms with Crippen LogP contribution in [0.5, 0.6) is 5.75 Å². The van der Waals surface area contributed by atoms with E-state index in [-0.39, 0.29) is 13.2 Å². The molecule has 0 fully saturated rings. The van der Waals surface area contributed by atoms with Gasteiger partial charge in [-0.2, -0.15) is 14.6 Å². The van der Waals surface area contributed by atoms with Crippen molar-refractivity contribution in [3.05, 3.63) is 41.9 Å². The van der Waals surface area contributed by atoms with Gasteiger partial charge in [0.05, 0.1) is 6.61 Å². The van der Waals surface area contributed by atoms with E-state index in [0.717, 1.165) is 28.5 Å². The van der Waals surface area contributed by atoms with Gasteiger partial charge in [-0.15, -0.1) is 0 Å². The van der Waals surface area contributed by atoms with Gasteiger partial charge in [0.1, 0.15) is 24.5 Å². The van der Waals surface area contributed by atoms with Gasteiger partial charge in [-0.05, 0) is 37.6 Å². The summed E-state index contributed by atoms with van der Waals surface area (Å²) in [5, 5.41) is 16.3. The highest BCUT2D eigenvalue weighted by Gasteiger charge is 2.07. The van der Waals surface area contributed by atoms with Crippen LogP contribution in [0.4, 0.5) is 11.5 Å². The molecule has 7 heteroatoms. The SMILES string of the molecule is Cc1cc(Nc2ccc(OCCO)c(C)c2)n2ncnc2n1. The van der Waals surface area contributed by atoms with Gasteiger partial charge in [-0.1, -0.05) is 0 Å². The first kappa shape index (κ1) is 14.3. The largest absolute Gasteiger partial charge is 0.491 e. The molecule has 0 spiro atoms. The zero-order chi connectivity index (χ0) is 15.5. The summed E-state index contributed by atoms with van der Waals surface area (Å²) in [7, 11) is 0. The van der Waals surface area contributed by atoms with Crippen molar-refractivity contribution in [3.8, 4) is 5.75 Å². The maximum Gasteiger partial charge on any atom is 0.254 e. The van der Waals surface area contributed by atoms with Crippen LogP contribution in [0.3, 0.4) is 0 Å². The van der Waals surface area contributed by atoms with Gasteiger partial charge < -0.3 is 15.2 Å². The van der Waals surface area contributed by atoms with Crippen LogP contribution in [0.15, 0.2) is 30.6 Å². The first-order valence-electron chi connectivity index (χ1n) is 6.96. The third-order valence-corrected chi connectivity index (χ3v) is 3.18. The van der Waals surface area contributed by atoms with E-state index in [1.54, 1.807) is 4.52 Å². The van der Waals surface area contributed by atoms with Crippen molar-refractivity contribution < 1.29 is 9.84 Å². The molecule has 2 N–H and O–H groups in total. The third kappa shape index (κ3) is 2.84. The van der Waals surface area contributed by atoms with Gasteiger partial charge in [0.15, 0.2) is 0 Å². The monoisotopic (exact) mass is 299 g/mol. The van der Waals surface area contributed by atoms with Crippen LogP contribution in [0, 0.1) is 13.8 Å². The Balaban J connectivity index is 1.88. The van der Waals surface area contributed by atoms with Gasteiger partial charge in [0.25, 0.3) is 5.78 Å². The zero-order valence-corrected chi connectivity index (χ0v) is 12.4. The summed E-state index contributed by atoms with van der Waals surface area (Å²) in [6.45, 7) is 4.16. The van der Waals surface area contributed by atoms with Gasteiger partial charge in [0, 0.05) is 17.4 Å². The minimum atomic E-state index is 0.0000145. The molecule has 114 valence electrons. The number of aromatic nitrogens is 4. The van der Waals surface area contributed by atoms with Crippen molar-refractivity contribution in [2.75, 3.05) is 18.5 Å². The molecule has 0 aliphatic carbocycles. The fraction of sp³-hybridized carbons (Fsp3) is 0.267. The molecule has 0 unspecified atom stereocenters. The highest BCUT2D eigenvalue weighted by atomic mass is 16.5. The highest BCUT2D eigenvalue weighted by molar-refractivity contribution is 5.61. The number of hydrogen-bond acceptors (Lipinski definition) is 6. The molecule has 0 aliphatic rings. The summed E-state index contributed by atoms with van der Waals surface area (Å²) in [5.41, 5.74) is 2.76. The van der Waals surface area contributed by atoms with Crippen molar-refractivity contribution in [3.63, 3.8) is 0 Å². The summed E-state index contributed by atoms with van der Waals surface area (Å²) < 4.78 is 7.10. The van der Waals surface area contributed by atoms with Gasteiger partial charge in [-0.3, -0.25) is 0 Å². The lowest BCUT2D eigenvalue weighted by Gasteiger charge is -2.12. The molecule has 0 radical (unpaired) electrons. The molecule has 0 atom stereocenters. The molecule has 22 heavy (non-hydrogen) atoms. The van der Waals surface area contributed by atoms with Gasteiger partial charge in [-0.25, -0.2) is 4.98 Å². The molecule has 0 bridgehead atoms. The molecule has 0 saturated heterocycles. The smallest absolute Gasteiger partial charge is 0.254 e. The molecular formula is C15H17N5O2. The minimum absolute atomic E-state index is 0.0000145. The number of anilines is 2. The Morgan fingerprint density at radius 2 is 2.14 bits per heavy atom. The molecule has 0 saturated carbocycles. The maximum absolute atomic E-state index is 8.82. The van der Waals surface area contributed by atoms with E-state index in [2.05, 4.69) is 20.4 Å². The quantitative estimate of drug-likeness (QED) is 0.748. The van der Waals surface area contributed by atoms with E-state index in [1.165, 1.54) is 6.33 Å². The second-order valence-corrected chi connectivity index (χ2v) is 4.93. The first-order chi connectivity index (χ1) is 10.7. The summed E-state index contributed by atoms with van der Waals surface area (Å²) in [4.78, 5) is 8.41. The van der Waals surface area contributed by atoms with E-state index in [4.69, 9.17) is 9.84 Å². The Labute approximate surface area is 127 Å². The number of benzene rings is 1. The predicted molar refractivity (Wildman–Crippen MR) is 82.6 cm³/mol. The number of hydrogen-bond donors (Lipinski definition) is 2. The Morgan fingerprint density at radius 3 is 2.91 bits per heavy atom. The number of aliphatic hydroxyl groups is 1. The van der Waals surface area contributed by atoms with Crippen LogP contribution < -0.4 is 10.1 Å². The second kappa shape index (κ2) is 5.98. The summed E-state index contributed by atoms with van der Waals surface area (Å²) >= 11 is 0. The summed E-state index contributed by atoms with van der Waals surface area (Å²) in [5.74, 6) is 2.11. The number of aliphatic hydroxyl groups excluding tert-OH is 1. The Morgan fingerprint density at radius 1 is 1.27 bits per heavy atom. The minimum Gasteiger partial charge on any atom is -0.491 e. The molecule has 0 aliphatic heterocycles. The van der Waals surface area contributed by atoms with Gasteiger partial charge in [0.2, 0.25) is 0 Å². The van der Waals surface area contributed by atoms with Crippen molar-refractivity contribution in [2.45, 2.75) is 13.8 Å². The van der Waals surface area contributed by atoms with Crippen LogP contribution >= 0.6 is 0 Å². The summed E-state index contributed by atoms with van der Waals surface area (Å²) in [6, 6.07) is 7.68. The number of ether oxygens (including phenoxy) is 1. The Kier molecular flexibility index (Phi) is 3.88. The van der Waals surface area contributed by atoms with E-state index >= 15 is 0 Å². The lowest BCUT2D eigenvalue weighted by Crippen LogP contribution is -2.04. The van der Waals surface area contributed by atoms with Crippen LogP contribution in [0.2, 0.25) is 0 Å². The zero-order valence-electron chi connectivity index (χ0n) is 12.4. The van der Waals surface area contributed by atoms with Crippen LogP contribution in [0.25, 0.3) is 5.78 Å². The predicted octanol–water partition coefficient (Wildman–Crippen LogP) is 1.86. The normalized spacial score (nSPS) is 10.9. The van der Waals surface area contributed by atoms with E-state index in [1.807, 2.05) is 38.1 Å². The standard InChI is InChI=1S/C15H17N5O2/c1-10-7-12(3-4-13(10)22-6-5-21)19-14-8-11(2)18-15-16-9-17-20(14)15/h3-4,7-9,19,21H,5-6H2,1-2H3. The van der Waals surface area contributed by atoms with Gasteiger partial charge >= 0.3 is 0 Å². The lowest BCUT2D eigenvalue weighted by molar-refractivity contribution is 0.200. The Bertz CT molecular complexity index is 800. The summed E-state index contributed by atoms with van der Waals surface area (Å²) in [6.07, 6.45) is 1.48. The van der Waals surface area contributed by atoms with Crippen molar-refractivity contribution in [1.29, 1.82) is 0 Å². The van der Waals surface area contributed by atoms with E-state index in [9.17, 15) is 0 Å². The molecule has 2 aromatic heterocycles.